The van der Waals surface area contributed by atoms with E-state index in [0.29, 0.717) is 30.3 Å². The zero-order chi connectivity index (χ0) is 26.2. The van der Waals surface area contributed by atoms with Gasteiger partial charge < -0.3 is 15.4 Å². The number of carbonyl (C=O) groups excluding carboxylic acids is 1. The number of aromatic nitrogens is 6. The molecule has 0 spiro atoms. The van der Waals surface area contributed by atoms with Crippen molar-refractivity contribution in [1.29, 1.82) is 0 Å². The molecule has 1 atom stereocenters. The zero-order valence-electron chi connectivity index (χ0n) is 21.1. The van der Waals surface area contributed by atoms with Gasteiger partial charge in [0.05, 0.1) is 24.1 Å². The lowest BCUT2D eigenvalue weighted by Gasteiger charge is -2.45. The van der Waals surface area contributed by atoms with E-state index in [1.54, 1.807) is 19.4 Å². The number of halogens is 1. The van der Waals surface area contributed by atoms with Crippen molar-refractivity contribution in [2.24, 2.45) is 5.92 Å². The van der Waals surface area contributed by atoms with Gasteiger partial charge in [0.2, 0.25) is 5.91 Å². The number of hydrogen-bond donors (Lipinski definition) is 3. The number of nitrogens with zero attached hydrogens (tertiary/aromatic N) is 5. The molecular formula is C26H29FN8O2. The van der Waals surface area contributed by atoms with E-state index in [9.17, 15) is 9.18 Å². The fraction of sp³-hybridized carbons (Fsp3) is 0.346. The normalized spacial score (nSPS) is 19.8. The molecule has 0 aromatic carbocycles. The summed E-state index contributed by atoms with van der Waals surface area (Å²) in [6.45, 7) is 5.84. The molecule has 1 fully saturated rings. The zero-order valence-corrected chi connectivity index (χ0v) is 21.1. The van der Waals surface area contributed by atoms with Gasteiger partial charge in [0.25, 0.3) is 0 Å². The number of rotatable bonds is 8. The van der Waals surface area contributed by atoms with E-state index in [1.165, 1.54) is 10.9 Å². The highest BCUT2D eigenvalue weighted by molar-refractivity contribution is 5.80. The maximum atomic E-state index is 13.2. The fourth-order valence-corrected chi connectivity index (χ4v) is 4.61. The molecule has 192 valence electrons. The van der Waals surface area contributed by atoms with Gasteiger partial charge in [0.1, 0.15) is 11.4 Å². The summed E-state index contributed by atoms with van der Waals surface area (Å²) in [5.41, 5.74) is 2.98. The average molecular weight is 505 g/mol. The second-order valence-electron chi connectivity index (χ2n) is 9.56. The van der Waals surface area contributed by atoms with Crippen molar-refractivity contribution in [2.45, 2.75) is 45.3 Å². The molecule has 1 aliphatic carbocycles. The van der Waals surface area contributed by atoms with Crippen molar-refractivity contribution < 1.29 is 13.9 Å². The minimum atomic E-state index is -0.628. The van der Waals surface area contributed by atoms with Gasteiger partial charge in [0.15, 0.2) is 17.5 Å². The van der Waals surface area contributed by atoms with E-state index >= 15 is 0 Å². The van der Waals surface area contributed by atoms with Crippen LogP contribution in [0.2, 0.25) is 0 Å². The topological polar surface area (TPSA) is 123 Å². The third-order valence-electron chi connectivity index (χ3n) is 6.73. The Kier molecular flexibility index (Phi) is 6.46. The van der Waals surface area contributed by atoms with Crippen molar-refractivity contribution in [3.05, 3.63) is 77.3 Å². The maximum Gasteiger partial charge on any atom is 0.223 e. The minimum absolute atomic E-state index is 0.0450. The van der Waals surface area contributed by atoms with Crippen LogP contribution in [0.4, 0.5) is 16.0 Å². The molecule has 0 saturated heterocycles. The van der Waals surface area contributed by atoms with Crippen LogP contribution in [0.15, 0.2) is 48.9 Å². The summed E-state index contributed by atoms with van der Waals surface area (Å²) < 4.78 is 20.5. The van der Waals surface area contributed by atoms with Crippen LogP contribution in [0, 0.1) is 25.6 Å². The molecule has 0 radical (unpaired) electrons. The lowest BCUT2D eigenvalue weighted by Crippen LogP contribution is -2.50. The molecule has 1 saturated carbocycles. The molecule has 1 amide bonds. The number of amides is 1. The van der Waals surface area contributed by atoms with Crippen LogP contribution in [0.25, 0.3) is 5.82 Å². The molecule has 10 nitrogen and oxygen atoms in total. The van der Waals surface area contributed by atoms with Crippen LogP contribution in [0.5, 0.6) is 0 Å². The third kappa shape index (κ3) is 5.08. The SMILES string of the molecule is CO[C@]1(c2cc(C)cc(Nc3cc(C)[nH]n3)n2)C[C@H](C(=O)N[C@@H](C)c2ccc(-n3cc(F)cn3)nc2)C1. The molecule has 5 rings (SSSR count). The molecule has 4 aromatic rings. The van der Waals surface area contributed by atoms with Gasteiger partial charge in [-0.2, -0.15) is 10.2 Å². The minimum Gasteiger partial charge on any atom is -0.372 e. The first-order valence-corrected chi connectivity index (χ1v) is 12.0. The average Bonchev–Trinajstić information content (AvgIpc) is 3.46. The molecule has 37 heavy (non-hydrogen) atoms. The van der Waals surface area contributed by atoms with E-state index in [1.807, 2.05) is 45.0 Å². The number of ether oxygens (including phenoxy) is 1. The summed E-state index contributed by atoms with van der Waals surface area (Å²) in [6, 6.07) is 9.19. The smallest absolute Gasteiger partial charge is 0.223 e. The highest BCUT2D eigenvalue weighted by atomic mass is 19.1. The number of pyridine rings is 2. The Morgan fingerprint density at radius 3 is 2.65 bits per heavy atom. The van der Waals surface area contributed by atoms with E-state index in [0.717, 1.165) is 28.7 Å². The quantitative estimate of drug-likeness (QED) is 0.331. The molecule has 0 aliphatic heterocycles. The predicted octanol–water partition coefficient (Wildman–Crippen LogP) is 4.01. The Morgan fingerprint density at radius 2 is 2.03 bits per heavy atom. The number of aromatic amines is 1. The van der Waals surface area contributed by atoms with Crippen LogP contribution in [-0.4, -0.2) is 43.0 Å². The van der Waals surface area contributed by atoms with Gasteiger partial charge in [-0.25, -0.2) is 19.0 Å². The molecule has 4 aromatic heterocycles. The lowest BCUT2D eigenvalue weighted by atomic mass is 9.68. The number of H-pyrrole nitrogens is 1. The van der Waals surface area contributed by atoms with E-state index in [-0.39, 0.29) is 17.9 Å². The van der Waals surface area contributed by atoms with Gasteiger partial charge in [-0.1, -0.05) is 6.07 Å². The maximum absolute atomic E-state index is 13.2. The molecular weight excluding hydrogens is 475 g/mol. The van der Waals surface area contributed by atoms with E-state index in [2.05, 4.69) is 30.9 Å². The van der Waals surface area contributed by atoms with Crippen molar-refractivity contribution in [2.75, 3.05) is 12.4 Å². The Bertz CT molecular complexity index is 1410. The van der Waals surface area contributed by atoms with Crippen molar-refractivity contribution in [3.63, 3.8) is 0 Å². The van der Waals surface area contributed by atoms with Crippen molar-refractivity contribution in [1.82, 2.24) is 35.3 Å². The van der Waals surface area contributed by atoms with Crippen molar-refractivity contribution in [3.8, 4) is 5.82 Å². The predicted molar refractivity (Wildman–Crippen MR) is 135 cm³/mol. The number of nitrogens with one attached hydrogen (secondary N) is 3. The van der Waals surface area contributed by atoms with Gasteiger partial charge in [-0.05, 0) is 62.9 Å². The first-order valence-electron chi connectivity index (χ1n) is 12.0. The van der Waals surface area contributed by atoms with Gasteiger partial charge in [-0.3, -0.25) is 9.89 Å². The lowest BCUT2D eigenvalue weighted by molar-refractivity contribution is -0.151. The number of anilines is 2. The standard InChI is InChI=1S/C26H29FN8O2/c1-15-7-21(31-22(8-15)32-23-9-16(2)33-34-23)26(37-4)10-19(11-26)25(36)30-17(3)18-5-6-24(28-12-18)35-14-20(27)13-29-35/h5-9,12-14,17,19H,10-11H2,1-4H3,(H,30,36)(H2,31,32,33,34)/t17-,19-,26+/m0/s1. The van der Waals surface area contributed by atoms with Crippen LogP contribution in [0.3, 0.4) is 0 Å². The molecule has 3 N–H and O–H groups in total. The Hall–Kier alpha value is -4.12. The molecule has 11 heteroatoms. The summed E-state index contributed by atoms with van der Waals surface area (Å²) in [4.78, 5) is 22.1. The number of hydrogen-bond acceptors (Lipinski definition) is 7. The molecule has 4 heterocycles. The monoisotopic (exact) mass is 504 g/mol. The molecule has 0 unspecified atom stereocenters. The summed E-state index contributed by atoms with van der Waals surface area (Å²) in [5, 5.41) is 17.3. The molecule has 1 aliphatic rings. The van der Waals surface area contributed by atoms with Gasteiger partial charge in [0, 0.05) is 31.0 Å². The number of aryl methyl sites for hydroxylation is 2. The first-order chi connectivity index (χ1) is 17.7. The van der Waals surface area contributed by atoms with Crippen LogP contribution < -0.4 is 10.6 Å². The summed E-state index contributed by atoms with van der Waals surface area (Å²) in [7, 11) is 1.66. The number of methoxy groups -OCH3 is 1. The largest absolute Gasteiger partial charge is 0.372 e. The van der Waals surface area contributed by atoms with Crippen LogP contribution in [-0.2, 0) is 15.1 Å². The first kappa shape index (κ1) is 24.6. The van der Waals surface area contributed by atoms with Crippen molar-refractivity contribution >= 4 is 17.5 Å². The van der Waals surface area contributed by atoms with E-state index < -0.39 is 11.4 Å². The second-order valence-corrected chi connectivity index (χ2v) is 9.56. The Balaban J connectivity index is 1.23. The highest BCUT2D eigenvalue weighted by Crippen LogP contribution is 2.48. The van der Waals surface area contributed by atoms with Crippen LogP contribution >= 0.6 is 0 Å². The Morgan fingerprint density at radius 1 is 1.22 bits per heavy atom. The Labute approximate surface area is 213 Å². The number of carbonyl (C=O) groups is 1. The summed E-state index contributed by atoms with van der Waals surface area (Å²) >= 11 is 0. The summed E-state index contributed by atoms with van der Waals surface area (Å²) in [6.07, 6.45) is 5.10. The summed E-state index contributed by atoms with van der Waals surface area (Å²) in [5.74, 6) is 1.18. The fourth-order valence-electron chi connectivity index (χ4n) is 4.61. The highest BCUT2D eigenvalue weighted by Gasteiger charge is 2.50. The molecule has 0 bridgehead atoms. The van der Waals surface area contributed by atoms with Gasteiger partial charge in [-0.15, -0.1) is 0 Å². The third-order valence-corrected chi connectivity index (χ3v) is 6.73. The second kappa shape index (κ2) is 9.74. The van der Waals surface area contributed by atoms with Crippen LogP contribution in [0.1, 0.15) is 48.3 Å². The van der Waals surface area contributed by atoms with Gasteiger partial charge >= 0.3 is 0 Å². The van der Waals surface area contributed by atoms with E-state index in [4.69, 9.17) is 9.72 Å².